The van der Waals surface area contributed by atoms with Crippen LogP contribution in [0.2, 0.25) is 0 Å². The molecule has 2 heterocycles. The van der Waals surface area contributed by atoms with Gasteiger partial charge in [-0.05, 0) is 30.9 Å². The molecule has 1 aromatic rings. The van der Waals surface area contributed by atoms with E-state index in [4.69, 9.17) is 0 Å². The molecule has 5 heteroatoms. The van der Waals surface area contributed by atoms with Crippen LogP contribution in [-0.4, -0.2) is 47.7 Å². The van der Waals surface area contributed by atoms with Crippen molar-refractivity contribution in [2.75, 3.05) is 30.3 Å². The van der Waals surface area contributed by atoms with Crippen molar-refractivity contribution in [1.82, 2.24) is 4.90 Å². The number of aliphatic hydroxyl groups excluding tert-OH is 1. The summed E-state index contributed by atoms with van der Waals surface area (Å²) < 4.78 is 0. The van der Waals surface area contributed by atoms with E-state index in [-0.39, 0.29) is 24.0 Å². The summed E-state index contributed by atoms with van der Waals surface area (Å²) in [7, 11) is 0. The number of hydrogen-bond donors (Lipinski definition) is 3. The average molecular weight is 287 g/mol. The molecule has 1 amide bonds. The Bertz CT molecular complexity index is 562. The van der Waals surface area contributed by atoms with Gasteiger partial charge in [-0.2, -0.15) is 0 Å². The number of para-hydroxylation sites is 2. The first-order chi connectivity index (χ1) is 10.2. The van der Waals surface area contributed by atoms with Crippen molar-refractivity contribution in [2.24, 2.45) is 11.8 Å². The van der Waals surface area contributed by atoms with E-state index in [2.05, 4.69) is 10.6 Å². The van der Waals surface area contributed by atoms with Gasteiger partial charge in [0.25, 0.3) is 0 Å². The molecule has 1 aromatic carbocycles. The Kier molecular flexibility index (Phi) is 3.03. The summed E-state index contributed by atoms with van der Waals surface area (Å²) in [6, 6.07) is 7.75. The molecule has 0 spiro atoms. The maximum Gasteiger partial charge on any atom is 0.246 e. The third-order valence-corrected chi connectivity index (χ3v) is 5.18. The Hall–Kier alpha value is -1.75. The molecule has 0 aromatic heterocycles. The molecule has 112 valence electrons. The van der Waals surface area contributed by atoms with Gasteiger partial charge in [0.15, 0.2) is 0 Å². The number of amides is 1. The van der Waals surface area contributed by atoms with E-state index >= 15 is 0 Å². The first kappa shape index (κ1) is 13.0. The summed E-state index contributed by atoms with van der Waals surface area (Å²) >= 11 is 0. The van der Waals surface area contributed by atoms with Crippen LogP contribution in [0.4, 0.5) is 11.4 Å². The zero-order chi connectivity index (χ0) is 14.4. The minimum atomic E-state index is -0.217. The normalized spacial score (nSPS) is 33.9. The van der Waals surface area contributed by atoms with E-state index in [1.165, 1.54) is 0 Å². The van der Waals surface area contributed by atoms with E-state index in [1.54, 1.807) is 0 Å². The number of rotatable bonds is 1. The van der Waals surface area contributed by atoms with Gasteiger partial charge >= 0.3 is 0 Å². The smallest absolute Gasteiger partial charge is 0.246 e. The number of hydrogen-bond acceptors (Lipinski definition) is 4. The number of aliphatic hydroxyl groups is 1. The molecule has 4 unspecified atom stereocenters. The third kappa shape index (κ3) is 2.16. The Morgan fingerprint density at radius 3 is 2.81 bits per heavy atom. The molecular formula is C16H21N3O2. The fourth-order valence-corrected chi connectivity index (χ4v) is 4.00. The van der Waals surface area contributed by atoms with E-state index in [0.29, 0.717) is 19.0 Å². The van der Waals surface area contributed by atoms with Crippen LogP contribution in [0.15, 0.2) is 24.3 Å². The van der Waals surface area contributed by atoms with Gasteiger partial charge in [-0.15, -0.1) is 0 Å². The van der Waals surface area contributed by atoms with Crippen LogP contribution in [-0.2, 0) is 4.79 Å². The molecule has 4 rings (SSSR count). The van der Waals surface area contributed by atoms with E-state index in [1.807, 2.05) is 29.2 Å². The van der Waals surface area contributed by atoms with Crippen molar-refractivity contribution in [3.05, 3.63) is 24.3 Å². The molecule has 0 bridgehead atoms. The van der Waals surface area contributed by atoms with Crippen molar-refractivity contribution < 1.29 is 9.90 Å². The third-order valence-electron chi connectivity index (χ3n) is 5.18. The minimum absolute atomic E-state index is 0.151. The second-order valence-electron chi connectivity index (χ2n) is 6.44. The van der Waals surface area contributed by atoms with E-state index in [0.717, 1.165) is 30.8 Å². The number of benzene rings is 1. The van der Waals surface area contributed by atoms with Gasteiger partial charge in [0.2, 0.25) is 5.91 Å². The SMILES string of the molecule is O=C(C1CNc2ccccc2N1)N1CC2CCC(O)C2C1. The van der Waals surface area contributed by atoms with Gasteiger partial charge in [0.1, 0.15) is 6.04 Å². The Morgan fingerprint density at radius 2 is 2.00 bits per heavy atom. The van der Waals surface area contributed by atoms with Gasteiger partial charge in [-0.1, -0.05) is 12.1 Å². The number of nitrogens with one attached hydrogen (secondary N) is 2. The van der Waals surface area contributed by atoms with Crippen LogP contribution in [0.5, 0.6) is 0 Å². The molecular weight excluding hydrogens is 266 g/mol. The second kappa shape index (κ2) is 4.91. The number of nitrogens with zero attached hydrogens (tertiary/aromatic N) is 1. The summed E-state index contributed by atoms with van der Waals surface area (Å²) in [5.41, 5.74) is 2.04. The van der Waals surface area contributed by atoms with Crippen molar-refractivity contribution in [3.63, 3.8) is 0 Å². The van der Waals surface area contributed by atoms with Gasteiger partial charge in [0, 0.05) is 25.6 Å². The maximum absolute atomic E-state index is 12.7. The molecule has 3 N–H and O–H groups in total. The van der Waals surface area contributed by atoms with Gasteiger partial charge < -0.3 is 20.6 Å². The van der Waals surface area contributed by atoms with Crippen LogP contribution in [0, 0.1) is 11.8 Å². The minimum Gasteiger partial charge on any atom is -0.393 e. The molecule has 3 aliphatic rings. The highest BCUT2D eigenvalue weighted by atomic mass is 16.3. The van der Waals surface area contributed by atoms with Gasteiger partial charge in [-0.3, -0.25) is 4.79 Å². The molecule has 1 aliphatic carbocycles. The molecule has 21 heavy (non-hydrogen) atoms. The van der Waals surface area contributed by atoms with Crippen molar-refractivity contribution in [2.45, 2.75) is 25.0 Å². The van der Waals surface area contributed by atoms with Gasteiger partial charge in [-0.25, -0.2) is 0 Å². The number of fused-ring (bicyclic) bond motifs is 2. The predicted molar refractivity (Wildman–Crippen MR) is 81.1 cm³/mol. The monoisotopic (exact) mass is 287 g/mol. The molecule has 1 saturated carbocycles. The van der Waals surface area contributed by atoms with Crippen molar-refractivity contribution in [3.8, 4) is 0 Å². The van der Waals surface area contributed by atoms with Crippen LogP contribution in [0.25, 0.3) is 0 Å². The fraction of sp³-hybridized carbons (Fsp3) is 0.562. The number of anilines is 2. The highest BCUT2D eigenvalue weighted by Crippen LogP contribution is 2.38. The molecule has 1 saturated heterocycles. The first-order valence-corrected chi connectivity index (χ1v) is 7.78. The lowest BCUT2D eigenvalue weighted by molar-refractivity contribution is -0.131. The fourth-order valence-electron chi connectivity index (χ4n) is 4.00. The Morgan fingerprint density at radius 1 is 1.19 bits per heavy atom. The summed E-state index contributed by atoms with van der Waals surface area (Å²) in [6.45, 7) is 2.13. The molecule has 2 aliphatic heterocycles. The Balaban J connectivity index is 1.45. The summed E-state index contributed by atoms with van der Waals surface area (Å²) in [5, 5.41) is 16.6. The van der Waals surface area contributed by atoms with E-state index in [9.17, 15) is 9.90 Å². The lowest BCUT2D eigenvalue weighted by Crippen LogP contribution is -2.47. The second-order valence-corrected chi connectivity index (χ2v) is 6.44. The number of carbonyl (C=O) groups is 1. The van der Waals surface area contributed by atoms with Crippen molar-refractivity contribution >= 4 is 17.3 Å². The van der Waals surface area contributed by atoms with Crippen LogP contribution in [0.3, 0.4) is 0 Å². The molecule has 0 radical (unpaired) electrons. The lowest BCUT2D eigenvalue weighted by Gasteiger charge is -2.30. The van der Waals surface area contributed by atoms with Crippen LogP contribution >= 0.6 is 0 Å². The van der Waals surface area contributed by atoms with Crippen LogP contribution in [0.1, 0.15) is 12.8 Å². The zero-order valence-electron chi connectivity index (χ0n) is 12.0. The summed E-state index contributed by atoms with van der Waals surface area (Å²) in [4.78, 5) is 14.6. The molecule has 2 fully saturated rings. The standard InChI is InChI=1S/C16H21N3O2/c20-15-6-5-10-8-19(9-11(10)15)16(21)14-7-17-12-3-1-2-4-13(12)18-14/h1-4,10-11,14-15,17-18,20H,5-9H2. The summed E-state index contributed by atoms with van der Waals surface area (Å²) in [6.07, 6.45) is 1.73. The topological polar surface area (TPSA) is 64.6 Å². The zero-order valence-corrected chi connectivity index (χ0v) is 12.0. The number of carbonyl (C=O) groups excluding carboxylic acids is 1. The Labute approximate surface area is 124 Å². The van der Waals surface area contributed by atoms with Crippen molar-refractivity contribution in [1.29, 1.82) is 0 Å². The predicted octanol–water partition coefficient (Wildman–Crippen LogP) is 1.12. The lowest BCUT2D eigenvalue weighted by atomic mass is 10.00. The average Bonchev–Trinajstić information content (AvgIpc) is 3.08. The van der Waals surface area contributed by atoms with Gasteiger partial charge in [0.05, 0.1) is 17.5 Å². The first-order valence-electron chi connectivity index (χ1n) is 7.78. The summed E-state index contributed by atoms with van der Waals surface area (Å²) in [5.74, 6) is 0.934. The highest BCUT2D eigenvalue weighted by molar-refractivity contribution is 5.89. The van der Waals surface area contributed by atoms with Crippen LogP contribution < -0.4 is 10.6 Å². The van der Waals surface area contributed by atoms with E-state index < -0.39 is 0 Å². The molecule has 5 nitrogen and oxygen atoms in total. The maximum atomic E-state index is 12.7. The largest absolute Gasteiger partial charge is 0.393 e. The quantitative estimate of drug-likeness (QED) is 0.724. The molecule has 4 atom stereocenters. The highest BCUT2D eigenvalue weighted by Gasteiger charge is 2.44. The number of likely N-dealkylation sites (tertiary alicyclic amines) is 1.